The monoisotopic (exact) mass is 105 g/mol. The van der Waals surface area contributed by atoms with Gasteiger partial charge in [-0.15, -0.1) is 12.4 Å². The second-order valence-electron chi connectivity index (χ2n) is 0. The maximum absolute atomic E-state index is 0. The predicted octanol–water partition coefficient (Wildman–Crippen LogP) is -0.721. The van der Waals surface area contributed by atoms with Gasteiger partial charge in [-0.1, -0.05) is 0 Å². The van der Waals surface area contributed by atoms with Crippen molar-refractivity contribution in [2.75, 3.05) is 0 Å². The van der Waals surface area contributed by atoms with E-state index in [1.165, 1.54) is 0 Å². The van der Waals surface area contributed by atoms with Gasteiger partial charge in [0.15, 0.2) is 0 Å². The van der Waals surface area contributed by atoms with Gasteiger partial charge in [0, 0.05) is 88.7 Å². The van der Waals surface area contributed by atoms with Crippen LogP contribution in [-0.4, -0.2) is 88.7 Å². The van der Waals surface area contributed by atoms with Crippen LogP contribution >= 0.6 is 12.4 Å². The zero-order chi connectivity index (χ0) is 0. The van der Waals surface area contributed by atoms with Gasteiger partial charge in [-0.2, -0.15) is 0 Å². The van der Waals surface area contributed by atoms with Crippen molar-refractivity contribution in [2.45, 2.75) is 0 Å². The zero-order valence-corrected chi connectivity index (χ0v) is 10.2. The summed E-state index contributed by atoms with van der Waals surface area (Å²) in [6.07, 6.45) is 0. The topological polar surface area (TPSA) is 0 Å². The van der Waals surface area contributed by atoms with Crippen molar-refractivity contribution in [3.05, 3.63) is 0 Å². The average molecular weight is 105 g/mol. The molecule has 0 N–H and O–H groups in total. The van der Waals surface area contributed by atoms with Gasteiger partial charge in [-0.3, -0.25) is 0 Å². The molecular weight excluding hydrogens is 104 g/mol. The molecule has 0 aromatic heterocycles. The van der Waals surface area contributed by atoms with E-state index in [2.05, 4.69) is 0 Å². The summed E-state index contributed by atoms with van der Waals surface area (Å²) in [5.41, 5.74) is 0. The molecule has 0 nitrogen and oxygen atoms in total. The molecule has 4 heavy (non-hydrogen) atoms. The smallest absolute Gasteiger partial charge is 0 e. The maximum atomic E-state index is 0. The summed E-state index contributed by atoms with van der Waals surface area (Å²) in [5.74, 6) is 0. The van der Waals surface area contributed by atoms with E-state index in [9.17, 15) is 0 Å². The quantitative estimate of drug-likeness (QED) is 0.357. The van der Waals surface area contributed by atoms with Gasteiger partial charge in [0.25, 0.3) is 0 Å². The van der Waals surface area contributed by atoms with E-state index >= 15 is 0 Å². The molecule has 0 aromatic carbocycles. The fourth-order valence-electron chi connectivity index (χ4n) is 0. The van der Waals surface area contributed by atoms with Gasteiger partial charge in [-0.05, 0) is 0 Å². The molecule has 0 rings (SSSR count). The molecule has 0 atom stereocenters. The second-order valence-corrected chi connectivity index (χ2v) is 0. The molecule has 0 spiro atoms. The van der Waals surface area contributed by atoms with Crippen molar-refractivity contribution in [1.82, 2.24) is 0 Å². The molecule has 0 unspecified atom stereocenters. The van der Waals surface area contributed by atoms with Crippen LogP contribution in [0.5, 0.6) is 0 Å². The van der Waals surface area contributed by atoms with Crippen LogP contribution in [0.4, 0.5) is 0 Å². The summed E-state index contributed by atoms with van der Waals surface area (Å²) in [5, 5.41) is 0. The summed E-state index contributed by atoms with van der Waals surface area (Å²) >= 11 is 0. The van der Waals surface area contributed by atoms with E-state index < -0.39 is 0 Å². The SMILES string of the molecule is Cl.[Na].[Na].[Na]. The Kier molecular flexibility index (Phi) is 108. The van der Waals surface area contributed by atoms with Crippen molar-refractivity contribution < 1.29 is 0 Å². The molecule has 0 aliphatic rings. The summed E-state index contributed by atoms with van der Waals surface area (Å²) in [7, 11) is 0. The molecule has 0 aromatic rings. The molecule has 0 amide bonds. The van der Waals surface area contributed by atoms with Crippen molar-refractivity contribution in [1.29, 1.82) is 0 Å². The van der Waals surface area contributed by atoms with Crippen LogP contribution in [-0.2, 0) is 0 Å². The third-order valence-corrected chi connectivity index (χ3v) is 0. The molecule has 0 aliphatic heterocycles. The van der Waals surface area contributed by atoms with Crippen LogP contribution in [0.3, 0.4) is 0 Å². The van der Waals surface area contributed by atoms with Crippen LogP contribution in [0.25, 0.3) is 0 Å². The van der Waals surface area contributed by atoms with Crippen LogP contribution in [0.1, 0.15) is 0 Å². The first-order valence-electron chi connectivity index (χ1n) is 0. The number of halogens is 1. The van der Waals surface area contributed by atoms with Gasteiger partial charge in [0.05, 0.1) is 0 Å². The maximum Gasteiger partial charge on any atom is 0 e. The number of hydrogen-bond acceptors (Lipinski definition) is 0. The van der Waals surface area contributed by atoms with Gasteiger partial charge >= 0.3 is 0 Å². The molecule has 0 saturated heterocycles. The van der Waals surface area contributed by atoms with Crippen molar-refractivity contribution in [3.63, 3.8) is 0 Å². The van der Waals surface area contributed by atoms with Crippen LogP contribution in [0, 0.1) is 0 Å². The third-order valence-electron chi connectivity index (χ3n) is 0. The Hall–Kier alpha value is 3.29. The van der Waals surface area contributed by atoms with Gasteiger partial charge in [0.1, 0.15) is 0 Å². The van der Waals surface area contributed by atoms with E-state index in [0.717, 1.165) is 0 Å². The Labute approximate surface area is 98.8 Å². The molecule has 0 bridgehead atoms. The van der Waals surface area contributed by atoms with Gasteiger partial charge < -0.3 is 0 Å². The second kappa shape index (κ2) is 16.3. The summed E-state index contributed by atoms with van der Waals surface area (Å²) in [4.78, 5) is 0. The Bertz CT molecular complexity index is 3.25. The first kappa shape index (κ1) is 26.6. The van der Waals surface area contributed by atoms with Crippen molar-refractivity contribution >= 4 is 101 Å². The fraction of sp³-hybridized carbons (Fsp3) is 0. The minimum Gasteiger partial charge on any atom is -0.147 e. The van der Waals surface area contributed by atoms with Crippen LogP contribution in [0.15, 0.2) is 0 Å². The average Bonchev–Trinajstić information content (AvgIpc) is 0. The largest absolute Gasteiger partial charge is 0.147 e. The van der Waals surface area contributed by atoms with Crippen LogP contribution in [0.2, 0.25) is 0 Å². The molecule has 0 fully saturated rings. The molecule has 0 aliphatic carbocycles. The van der Waals surface area contributed by atoms with Crippen LogP contribution < -0.4 is 0 Å². The first-order chi connectivity index (χ1) is 0. The molecule has 11 valence electrons. The van der Waals surface area contributed by atoms with Crippen molar-refractivity contribution in [3.8, 4) is 0 Å². The van der Waals surface area contributed by atoms with Gasteiger partial charge in [0.2, 0.25) is 0 Å². The first-order valence-corrected chi connectivity index (χ1v) is 0. The molecule has 3 radical (unpaired) electrons. The molecule has 0 heterocycles. The Morgan fingerprint density at radius 1 is 0.500 bits per heavy atom. The minimum atomic E-state index is 0. The number of rotatable bonds is 0. The Balaban J connectivity index is 0. The Morgan fingerprint density at radius 2 is 0.500 bits per heavy atom. The normalized spacial score (nSPS) is 0. The molecule has 4 heteroatoms. The zero-order valence-electron chi connectivity index (χ0n) is 3.41. The summed E-state index contributed by atoms with van der Waals surface area (Å²) in [6.45, 7) is 0. The minimum absolute atomic E-state index is 0. The van der Waals surface area contributed by atoms with Crippen molar-refractivity contribution in [2.24, 2.45) is 0 Å². The third kappa shape index (κ3) is 8.99. The summed E-state index contributed by atoms with van der Waals surface area (Å²) < 4.78 is 0. The van der Waals surface area contributed by atoms with E-state index in [1.807, 2.05) is 0 Å². The van der Waals surface area contributed by atoms with E-state index in [1.54, 1.807) is 0 Å². The predicted molar refractivity (Wildman–Crippen MR) is 24.5 cm³/mol. The summed E-state index contributed by atoms with van der Waals surface area (Å²) in [6, 6.07) is 0. The molecular formula is HClNa3. The van der Waals surface area contributed by atoms with E-state index in [4.69, 9.17) is 0 Å². The molecule has 0 saturated carbocycles. The van der Waals surface area contributed by atoms with Gasteiger partial charge in [-0.25, -0.2) is 0 Å². The van der Waals surface area contributed by atoms with E-state index in [-0.39, 0.29) is 101 Å². The Morgan fingerprint density at radius 3 is 0.500 bits per heavy atom. The van der Waals surface area contributed by atoms with E-state index in [0.29, 0.717) is 0 Å². The standard InChI is InChI=1S/ClH.3Na/h1H;;;. The number of hydrogen-bond donors (Lipinski definition) is 0. The fourth-order valence-corrected chi connectivity index (χ4v) is 0.